The standard InChI is InChI=1S/C17H26N2O/c1-3-11-18-17(20)19-16(4-2)15-10-9-13-7-5-6-8-14(13)12-15/h9-10,12,16H,3-8,11H2,1-2H3,(H2,18,19,20)/t16-/m0/s1. The van der Waals surface area contributed by atoms with Gasteiger partial charge >= 0.3 is 6.03 Å². The van der Waals surface area contributed by atoms with Gasteiger partial charge in [-0.1, -0.05) is 32.0 Å². The topological polar surface area (TPSA) is 41.1 Å². The van der Waals surface area contributed by atoms with E-state index in [0.29, 0.717) is 0 Å². The molecule has 20 heavy (non-hydrogen) atoms. The first-order valence-electron chi connectivity index (χ1n) is 7.90. The van der Waals surface area contributed by atoms with Crippen LogP contribution in [0.4, 0.5) is 4.79 Å². The summed E-state index contributed by atoms with van der Waals surface area (Å²) < 4.78 is 0. The molecule has 0 fully saturated rings. The number of amides is 2. The number of hydrogen-bond donors (Lipinski definition) is 2. The average molecular weight is 274 g/mol. The maximum absolute atomic E-state index is 11.8. The van der Waals surface area contributed by atoms with E-state index in [4.69, 9.17) is 0 Å². The van der Waals surface area contributed by atoms with Gasteiger partial charge < -0.3 is 10.6 Å². The van der Waals surface area contributed by atoms with Gasteiger partial charge in [-0.2, -0.15) is 0 Å². The highest BCUT2D eigenvalue weighted by molar-refractivity contribution is 5.74. The summed E-state index contributed by atoms with van der Waals surface area (Å²) in [5.41, 5.74) is 4.20. The Kier molecular flexibility index (Phi) is 5.45. The van der Waals surface area contributed by atoms with Crippen molar-refractivity contribution >= 4 is 6.03 Å². The summed E-state index contributed by atoms with van der Waals surface area (Å²) >= 11 is 0. The van der Waals surface area contributed by atoms with E-state index in [1.54, 1.807) is 0 Å². The Labute approximate surface area is 122 Å². The molecule has 1 aliphatic rings. The van der Waals surface area contributed by atoms with Gasteiger partial charge in [0.05, 0.1) is 6.04 Å². The second-order valence-corrected chi connectivity index (χ2v) is 5.60. The number of benzene rings is 1. The van der Waals surface area contributed by atoms with Crippen LogP contribution in [0.1, 0.15) is 62.3 Å². The molecule has 2 amide bonds. The Bertz CT molecular complexity index is 456. The number of fused-ring (bicyclic) bond motifs is 1. The Balaban J connectivity index is 2.05. The van der Waals surface area contributed by atoms with Gasteiger partial charge in [0.15, 0.2) is 0 Å². The molecule has 0 radical (unpaired) electrons. The summed E-state index contributed by atoms with van der Waals surface area (Å²) in [4.78, 5) is 11.8. The lowest BCUT2D eigenvalue weighted by Gasteiger charge is -2.22. The molecule has 1 aromatic carbocycles. The van der Waals surface area contributed by atoms with E-state index in [1.165, 1.54) is 42.4 Å². The van der Waals surface area contributed by atoms with Crippen molar-refractivity contribution in [3.8, 4) is 0 Å². The summed E-state index contributed by atoms with van der Waals surface area (Å²) in [7, 11) is 0. The summed E-state index contributed by atoms with van der Waals surface area (Å²) in [6, 6.07) is 6.77. The van der Waals surface area contributed by atoms with E-state index in [2.05, 4.69) is 42.7 Å². The second-order valence-electron chi connectivity index (χ2n) is 5.60. The molecule has 1 atom stereocenters. The average Bonchev–Trinajstić information content (AvgIpc) is 2.50. The highest BCUT2D eigenvalue weighted by atomic mass is 16.2. The summed E-state index contributed by atoms with van der Waals surface area (Å²) in [5, 5.41) is 5.95. The van der Waals surface area contributed by atoms with E-state index in [0.717, 1.165) is 19.4 Å². The van der Waals surface area contributed by atoms with Crippen molar-refractivity contribution < 1.29 is 4.79 Å². The lowest BCUT2D eigenvalue weighted by atomic mass is 9.89. The molecule has 3 nitrogen and oxygen atoms in total. The van der Waals surface area contributed by atoms with E-state index in [9.17, 15) is 4.79 Å². The van der Waals surface area contributed by atoms with E-state index < -0.39 is 0 Å². The first kappa shape index (κ1) is 14.9. The molecule has 0 saturated carbocycles. The van der Waals surface area contributed by atoms with Gasteiger partial charge in [0.25, 0.3) is 0 Å². The first-order chi connectivity index (χ1) is 9.74. The predicted octanol–water partition coefficient (Wildman–Crippen LogP) is 3.73. The van der Waals surface area contributed by atoms with Gasteiger partial charge in [0.1, 0.15) is 0 Å². The van der Waals surface area contributed by atoms with Crippen LogP contribution in [-0.2, 0) is 12.8 Å². The fraction of sp³-hybridized carbons (Fsp3) is 0.588. The molecule has 1 aliphatic carbocycles. The SMILES string of the molecule is CCCNC(=O)N[C@@H](CC)c1ccc2c(c1)CCCC2. The molecule has 0 heterocycles. The van der Waals surface area contributed by atoms with Crippen LogP contribution >= 0.6 is 0 Å². The normalized spacial score (nSPS) is 15.3. The minimum atomic E-state index is -0.0589. The molecular weight excluding hydrogens is 248 g/mol. The molecule has 2 rings (SSSR count). The van der Waals surface area contributed by atoms with Crippen LogP contribution in [-0.4, -0.2) is 12.6 Å². The Morgan fingerprint density at radius 1 is 1.20 bits per heavy atom. The lowest BCUT2D eigenvalue weighted by Crippen LogP contribution is -2.38. The molecule has 0 bridgehead atoms. The fourth-order valence-corrected chi connectivity index (χ4v) is 2.84. The van der Waals surface area contributed by atoms with Crippen molar-refractivity contribution in [2.24, 2.45) is 0 Å². The quantitative estimate of drug-likeness (QED) is 0.844. The number of aryl methyl sites for hydroxylation is 2. The number of nitrogens with one attached hydrogen (secondary N) is 2. The van der Waals surface area contributed by atoms with Crippen LogP contribution in [0.2, 0.25) is 0 Å². The molecule has 3 heteroatoms. The van der Waals surface area contributed by atoms with Gasteiger partial charge in [-0.15, -0.1) is 0 Å². The third kappa shape index (κ3) is 3.75. The van der Waals surface area contributed by atoms with Gasteiger partial charge in [0.2, 0.25) is 0 Å². The van der Waals surface area contributed by atoms with Gasteiger partial charge in [0, 0.05) is 6.54 Å². The third-order valence-corrected chi connectivity index (χ3v) is 4.02. The zero-order chi connectivity index (χ0) is 14.4. The molecule has 2 N–H and O–H groups in total. The smallest absolute Gasteiger partial charge is 0.315 e. The van der Waals surface area contributed by atoms with E-state index in [-0.39, 0.29) is 12.1 Å². The van der Waals surface area contributed by atoms with Crippen molar-refractivity contribution in [2.45, 2.75) is 58.4 Å². The van der Waals surface area contributed by atoms with Crippen molar-refractivity contribution in [1.29, 1.82) is 0 Å². The van der Waals surface area contributed by atoms with Crippen LogP contribution in [0.5, 0.6) is 0 Å². The largest absolute Gasteiger partial charge is 0.338 e. The molecule has 0 spiro atoms. The summed E-state index contributed by atoms with van der Waals surface area (Å²) in [6.07, 6.45) is 6.86. The fourth-order valence-electron chi connectivity index (χ4n) is 2.84. The predicted molar refractivity (Wildman–Crippen MR) is 82.9 cm³/mol. The zero-order valence-corrected chi connectivity index (χ0v) is 12.7. The van der Waals surface area contributed by atoms with Gasteiger partial charge in [-0.25, -0.2) is 4.79 Å². The third-order valence-electron chi connectivity index (χ3n) is 4.02. The molecular formula is C17H26N2O. The monoisotopic (exact) mass is 274 g/mol. The van der Waals surface area contributed by atoms with E-state index >= 15 is 0 Å². The van der Waals surface area contributed by atoms with Gasteiger partial charge in [-0.3, -0.25) is 0 Å². The highest BCUT2D eigenvalue weighted by Crippen LogP contribution is 2.25. The molecule has 0 unspecified atom stereocenters. The number of carbonyl (C=O) groups excluding carboxylic acids is 1. The van der Waals surface area contributed by atoms with Crippen molar-refractivity contribution in [3.05, 3.63) is 34.9 Å². The minimum Gasteiger partial charge on any atom is -0.338 e. The van der Waals surface area contributed by atoms with Crippen LogP contribution in [0.3, 0.4) is 0 Å². The Hall–Kier alpha value is -1.51. The first-order valence-corrected chi connectivity index (χ1v) is 7.90. The van der Waals surface area contributed by atoms with E-state index in [1.807, 2.05) is 0 Å². The Morgan fingerprint density at radius 2 is 1.95 bits per heavy atom. The highest BCUT2D eigenvalue weighted by Gasteiger charge is 2.15. The zero-order valence-electron chi connectivity index (χ0n) is 12.7. The summed E-state index contributed by atoms with van der Waals surface area (Å²) in [6.45, 7) is 4.90. The number of hydrogen-bond acceptors (Lipinski definition) is 1. The molecule has 0 aliphatic heterocycles. The van der Waals surface area contributed by atoms with Crippen LogP contribution in [0.25, 0.3) is 0 Å². The second kappa shape index (κ2) is 7.32. The van der Waals surface area contributed by atoms with Crippen molar-refractivity contribution in [3.63, 3.8) is 0 Å². The maximum Gasteiger partial charge on any atom is 0.315 e. The minimum absolute atomic E-state index is 0.0589. The van der Waals surface area contributed by atoms with Crippen molar-refractivity contribution in [2.75, 3.05) is 6.54 Å². The molecule has 1 aromatic rings. The van der Waals surface area contributed by atoms with Gasteiger partial charge in [-0.05, 0) is 55.2 Å². The van der Waals surface area contributed by atoms with Crippen molar-refractivity contribution in [1.82, 2.24) is 10.6 Å². The number of carbonyl (C=O) groups is 1. The van der Waals surface area contributed by atoms with Crippen LogP contribution in [0, 0.1) is 0 Å². The maximum atomic E-state index is 11.8. The van der Waals surface area contributed by atoms with Crippen LogP contribution in [0.15, 0.2) is 18.2 Å². The van der Waals surface area contributed by atoms with Crippen LogP contribution < -0.4 is 10.6 Å². The lowest BCUT2D eigenvalue weighted by molar-refractivity contribution is 0.236. The molecule has 110 valence electrons. The number of urea groups is 1. The number of rotatable bonds is 5. The molecule has 0 saturated heterocycles. The Morgan fingerprint density at radius 3 is 2.65 bits per heavy atom. The molecule has 0 aromatic heterocycles. The summed E-state index contributed by atoms with van der Waals surface area (Å²) in [5.74, 6) is 0.